The van der Waals surface area contributed by atoms with Crippen LogP contribution in [0.2, 0.25) is 0 Å². The molecule has 5 heteroatoms. The fourth-order valence-corrected chi connectivity index (χ4v) is 2.72. The molecule has 0 saturated carbocycles. The minimum Gasteiger partial charge on any atom is -0.330 e. The number of likely N-dealkylation sites (tertiary alicyclic amines) is 1. The van der Waals surface area contributed by atoms with E-state index in [4.69, 9.17) is 5.73 Å². The second-order valence-corrected chi connectivity index (χ2v) is 5.35. The summed E-state index contributed by atoms with van der Waals surface area (Å²) in [5.41, 5.74) is 5.83. The number of anilines is 1. The minimum atomic E-state index is -0.402. The molecule has 1 aliphatic heterocycles. The van der Waals surface area contributed by atoms with Gasteiger partial charge in [-0.2, -0.15) is 0 Å². The first kappa shape index (κ1) is 14.9. The van der Waals surface area contributed by atoms with E-state index in [-0.39, 0.29) is 11.6 Å². The van der Waals surface area contributed by atoms with E-state index in [0.717, 1.165) is 25.9 Å². The summed E-state index contributed by atoms with van der Waals surface area (Å²) in [6.45, 7) is 2.84. The van der Waals surface area contributed by atoms with E-state index in [1.54, 1.807) is 18.2 Å². The normalized spacial score (nSPS) is 19.8. The summed E-state index contributed by atoms with van der Waals surface area (Å²) in [5.74, 6) is 0.0130. The monoisotopic (exact) mass is 279 g/mol. The molecule has 1 atom stereocenters. The van der Waals surface area contributed by atoms with Gasteiger partial charge in [0.25, 0.3) is 0 Å². The number of piperidine rings is 1. The molecule has 4 nitrogen and oxygen atoms in total. The number of para-hydroxylation sites is 1. The molecule has 1 fully saturated rings. The molecule has 1 heterocycles. The molecule has 3 N–H and O–H groups in total. The zero-order valence-corrected chi connectivity index (χ0v) is 11.6. The maximum absolute atomic E-state index is 13.4. The number of nitrogens with zero attached hydrogens (tertiary/aromatic N) is 1. The van der Waals surface area contributed by atoms with Crippen LogP contribution in [0, 0.1) is 11.7 Å². The van der Waals surface area contributed by atoms with Crippen molar-refractivity contribution in [1.29, 1.82) is 0 Å². The van der Waals surface area contributed by atoms with Gasteiger partial charge in [0, 0.05) is 6.54 Å². The first-order valence-electron chi connectivity index (χ1n) is 7.16. The van der Waals surface area contributed by atoms with Crippen LogP contribution in [-0.4, -0.2) is 37.0 Å². The highest BCUT2D eigenvalue weighted by Gasteiger charge is 2.21. The highest BCUT2D eigenvalue weighted by Crippen LogP contribution is 2.19. The predicted molar refractivity (Wildman–Crippen MR) is 77.9 cm³/mol. The highest BCUT2D eigenvalue weighted by atomic mass is 19.1. The Morgan fingerprint density at radius 1 is 1.45 bits per heavy atom. The van der Waals surface area contributed by atoms with Gasteiger partial charge in [0.2, 0.25) is 5.91 Å². The lowest BCUT2D eigenvalue weighted by Crippen LogP contribution is -2.41. The molecular weight excluding hydrogens is 257 g/mol. The summed E-state index contributed by atoms with van der Waals surface area (Å²) in [4.78, 5) is 14.1. The molecule has 20 heavy (non-hydrogen) atoms. The Labute approximate surface area is 119 Å². The minimum absolute atomic E-state index is 0.163. The molecule has 0 bridgehead atoms. The summed E-state index contributed by atoms with van der Waals surface area (Å²) < 4.78 is 13.4. The molecule has 1 aromatic carbocycles. The molecule has 0 aromatic heterocycles. The van der Waals surface area contributed by atoms with Crippen LogP contribution in [0.15, 0.2) is 24.3 Å². The third-order valence-electron chi connectivity index (χ3n) is 3.69. The van der Waals surface area contributed by atoms with Gasteiger partial charge in [-0.05, 0) is 50.4 Å². The van der Waals surface area contributed by atoms with Gasteiger partial charge in [0.1, 0.15) is 5.82 Å². The van der Waals surface area contributed by atoms with E-state index >= 15 is 0 Å². The van der Waals surface area contributed by atoms with Gasteiger partial charge in [-0.15, -0.1) is 0 Å². The number of carbonyl (C=O) groups excluding carboxylic acids is 1. The Kier molecular flexibility index (Phi) is 5.49. The number of nitrogens with one attached hydrogen (secondary N) is 1. The lowest BCUT2D eigenvalue weighted by atomic mass is 9.95. The molecule has 1 amide bonds. The Hall–Kier alpha value is -1.46. The first-order chi connectivity index (χ1) is 9.69. The molecule has 1 aromatic rings. The van der Waals surface area contributed by atoms with Crippen LogP contribution >= 0.6 is 0 Å². The molecule has 0 radical (unpaired) electrons. The summed E-state index contributed by atoms with van der Waals surface area (Å²) in [6.07, 6.45) is 3.28. The summed E-state index contributed by atoms with van der Waals surface area (Å²) in [6, 6.07) is 6.22. The number of amides is 1. The molecule has 110 valence electrons. The number of hydrogen-bond acceptors (Lipinski definition) is 3. The summed E-state index contributed by atoms with van der Waals surface area (Å²) >= 11 is 0. The van der Waals surface area contributed by atoms with Gasteiger partial charge in [0.05, 0.1) is 12.2 Å². The van der Waals surface area contributed by atoms with Gasteiger partial charge >= 0.3 is 0 Å². The van der Waals surface area contributed by atoms with Crippen molar-refractivity contribution in [2.24, 2.45) is 11.7 Å². The third kappa shape index (κ3) is 4.28. The number of benzene rings is 1. The van der Waals surface area contributed by atoms with E-state index in [1.165, 1.54) is 12.5 Å². The maximum Gasteiger partial charge on any atom is 0.238 e. The fraction of sp³-hybridized carbons (Fsp3) is 0.533. The van der Waals surface area contributed by atoms with Crippen LogP contribution in [0.4, 0.5) is 10.1 Å². The number of carbonyl (C=O) groups is 1. The second-order valence-electron chi connectivity index (χ2n) is 5.35. The van der Waals surface area contributed by atoms with E-state index < -0.39 is 5.82 Å². The van der Waals surface area contributed by atoms with Crippen molar-refractivity contribution in [2.45, 2.75) is 19.3 Å². The molecule has 2 rings (SSSR count). The van der Waals surface area contributed by atoms with Crippen LogP contribution in [0.3, 0.4) is 0 Å². The SMILES string of the molecule is NCCC1CCCN(CC(=O)Nc2ccccc2F)C1. The summed E-state index contributed by atoms with van der Waals surface area (Å²) in [7, 11) is 0. The van der Waals surface area contributed by atoms with Crippen molar-refractivity contribution in [1.82, 2.24) is 4.90 Å². The van der Waals surface area contributed by atoms with Gasteiger partial charge in [-0.3, -0.25) is 9.69 Å². The van der Waals surface area contributed by atoms with Gasteiger partial charge in [0.15, 0.2) is 0 Å². The topological polar surface area (TPSA) is 58.4 Å². The Bertz CT molecular complexity index is 450. The number of halogens is 1. The summed E-state index contributed by atoms with van der Waals surface area (Å²) in [5, 5.41) is 2.62. The second kappa shape index (κ2) is 7.36. The van der Waals surface area contributed by atoms with Crippen LogP contribution in [0.5, 0.6) is 0 Å². The lowest BCUT2D eigenvalue weighted by Gasteiger charge is -2.32. The maximum atomic E-state index is 13.4. The predicted octanol–water partition coefficient (Wildman–Crippen LogP) is 1.82. The first-order valence-corrected chi connectivity index (χ1v) is 7.16. The Morgan fingerprint density at radius 2 is 2.25 bits per heavy atom. The van der Waals surface area contributed by atoms with E-state index in [2.05, 4.69) is 10.2 Å². The van der Waals surface area contributed by atoms with Crippen LogP contribution in [0.1, 0.15) is 19.3 Å². The molecule has 1 saturated heterocycles. The standard InChI is InChI=1S/C15H22FN3O/c16-13-5-1-2-6-14(13)18-15(20)11-19-9-3-4-12(10-19)7-8-17/h1-2,5-6,12H,3-4,7-11,17H2,(H,18,20). The largest absolute Gasteiger partial charge is 0.330 e. The zero-order chi connectivity index (χ0) is 14.4. The average molecular weight is 279 g/mol. The van der Waals surface area contributed by atoms with Gasteiger partial charge in [-0.25, -0.2) is 4.39 Å². The molecule has 1 unspecified atom stereocenters. The lowest BCUT2D eigenvalue weighted by molar-refractivity contribution is -0.117. The fourth-order valence-electron chi connectivity index (χ4n) is 2.72. The molecule has 1 aliphatic rings. The molecule has 0 spiro atoms. The third-order valence-corrected chi connectivity index (χ3v) is 3.69. The van der Waals surface area contributed by atoms with Crippen molar-refractivity contribution in [3.8, 4) is 0 Å². The molecule has 0 aliphatic carbocycles. The van der Waals surface area contributed by atoms with E-state index in [9.17, 15) is 9.18 Å². The van der Waals surface area contributed by atoms with E-state index in [1.807, 2.05) is 0 Å². The van der Waals surface area contributed by atoms with Crippen molar-refractivity contribution in [3.05, 3.63) is 30.1 Å². The highest BCUT2D eigenvalue weighted by molar-refractivity contribution is 5.92. The molecular formula is C15H22FN3O. The zero-order valence-electron chi connectivity index (χ0n) is 11.6. The number of hydrogen-bond donors (Lipinski definition) is 2. The van der Waals surface area contributed by atoms with Crippen molar-refractivity contribution in [3.63, 3.8) is 0 Å². The van der Waals surface area contributed by atoms with E-state index in [0.29, 0.717) is 19.0 Å². The number of nitrogens with two attached hydrogens (primary N) is 1. The van der Waals surface area contributed by atoms with Crippen molar-refractivity contribution >= 4 is 11.6 Å². The van der Waals surface area contributed by atoms with Crippen LogP contribution < -0.4 is 11.1 Å². The van der Waals surface area contributed by atoms with Crippen molar-refractivity contribution < 1.29 is 9.18 Å². The van der Waals surface area contributed by atoms with Gasteiger partial charge in [-0.1, -0.05) is 12.1 Å². The smallest absolute Gasteiger partial charge is 0.238 e. The van der Waals surface area contributed by atoms with Gasteiger partial charge < -0.3 is 11.1 Å². The Balaban J connectivity index is 1.84. The number of rotatable bonds is 5. The Morgan fingerprint density at radius 3 is 3.00 bits per heavy atom. The van der Waals surface area contributed by atoms with Crippen LogP contribution in [0.25, 0.3) is 0 Å². The van der Waals surface area contributed by atoms with Crippen molar-refractivity contribution in [2.75, 3.05) is 31.5 Å². The van der Waals surface area contributed by atoms with Crippen LogP contribution in [-0.2, 0) is 4.79 Å². The average Bonchev–Trinajstić information content (AvgIpc) is 2.42. The quantitative estimate of drug-likeness (QED) is 0.864.